The summed E-state index contributed by atoms with van der Waals surface area (Å²) < 4.78 is 39.0. The van der Waals surface area contributed by atoms with Crippen molar-refractivity contribution in [1.82, 2.24) is 0 Å². The standard InChI is InChI=1S/C11H12F2N2OS2/c12-8-5-7(11(14)17)6-9(13)10(8)15-1-3-18(16)4-2-15/h5-6H,1-4H2,(H2,14,17). The van der Waals surface area contributed by atoms with Gasteiger partial charge in [0.05, 0.1) is 0 Å². The minimum atomic E-state index is -0.887. The maximum absolute atomic E-state index is 13.9. The SMILES string of the molecule is NC(=S)c1cc(F)c(N2CCS(=O)CC2)c(F)c1. The summed E-state index contributed by atoms with van der Waals surface area (Å²) in [5.74, 6) is -0.526. The monoisotopic (exact) mass is 290 g/mol. The highest BCUT2D eigenvalue weighted by Gasteiger charge is 2.22. The molecule has 0 atom stereocenters. The average molecular weight is 290 g/mol. The van der Waals surface area contributed by atoms with Crippen LogP contribution in [0.5, 0.6) is 0 Å². The van der Waals surface area contributed by atoms with E-state index in [0.717, 1.165) is 12.1 Å². The maximum Gasteiger partial charge on any atom is 0.150 e. The summed E-state index contributed by atoms with van der Waals surface area (Å²) in [7, 11) is -0.887. The third-order valence-electron chi connectivity index (χ3n) is 2.80. The zero-order valence-corrected chi connectivity index (χ0v) is 11.1. The van der Waals surface area contributed by atoms with Gasteiger partial charge in [0.25, 0.3) is 0 Å². The van der Waals surface area contributed by atoms with Gasteiger partial charge in [-0.05, 0) is 12.1 Å². The molecule has 0 bridgehead atoms. The van der Waals surface area contributed by atoms with Gasteiger partial charge < -0.3 is 10.6 Å². The van der Waals surface area contributed by atoms with Crippen molar-refractivity contribution in [2.75, 3.05) is 29.5 Å². The van der Waals surface area contributed by atoms with Gasteiger partial charge in [-0.2, -0.15) is 0 Å². The molecule has 0 aliphatic carbocycles. The van der Waals surface area contributed by atoms with E-state index in [-0.39, 0.29) is 16.2 Å². The minimum Gasteiger partial charge on any atom is -0.389 e. The Hall–Kier alpha value is -1.08. The van der Waals surface area contributed by atoms with Crippen LogP contribution in [0, 0.1) is 11.6 Å². The number of hydrogen-bond acceptors (Lipinski definition) is 3. The molecule has 1 aliphatic rings. The summed E-state index contributed by atoms with van der Waals surface area (Å²) in [5.41, 5.74) is 5.42. The molecule has 3 nitrogen and oxygen atoms in total. The highest BCUT2D eigenvalue weighted by molar-refractivity contribution is 7.85. The van der Waals surface area contributed by atoms with Gasteiger partial charge in [-0.15, -0.1) is 0 Å². The number of benzene rings is 1. The molecule has 0 aromatic heterocycles. The first-order valence-electron chi connectivity index (χ1n) is 5.38. The Balaban J connectivity index is 2.33. The predicted molar refractivity (Wildman–Crippen MR) is 72.3 cm³/mol. The van der Waals surface area contributed by atoms with Crippen molar-refractivity contribution in [3.8, 4) is 0 Å². The Morgan fingerprint density at radius 3 is 2.22 bits per heavy atom. The third-order valence-corrected chi connectivity index (χ3v) is 4.31. The van der Waals surface area contributed by atoms with E-state index in [1.54, 1.807) is 4.90 Å². The lowest BCUT2D eigenvalue weighted by molar-refractivity contribution is 0.571. The van der Waals surface area contributed by atoms with E-state index in [1.165, 1.54) is 0 Å². The maximum atomic E-state index is 13.9. The Bertz CT molecular complexity index is 489. The summed E-state index contributed by atoms with van der Waals surface area (Å²) in [4.78, 5) is 1.52. The van der Waals surface area contributed by atoms with E-state index >= 15 is 0 Å². The second kappa shape index (κ2) is 5.27. The number of nitrogens with two attached hydrogens (primary N) is 1. The van der Waals surface area contributed by atoms with Crippen LogP contribution >= 0.6 is 12.2 Å². The Morgan fingerprint density at radius 2 is 1.78 bits per heavy atom. The van der Waals surface area contributed by atoms with Crippen LogP contribution in [0.3, 0.4) is 0 Å². The molecule has 1 fully saturated rings. The molecule has 18 heavy (non-hydrogen) atoms. The quantitative estimate of drug-likeness (QED) is 0.831. The fourth-order valence-electron chi connectivity index (χ4n) is 1.87. The van der Waals surface area contributed by atoms with Crippen molar-refractivity contribution in [2.45, 2.75) is 0 Å². The number of halogens is 2. The second-order valence-electron chi connectivity index (χ2n) is 3.99. The molecule has 0 amide bonds. The van der Waals surface area contributed by atoms with Gasteiger partial charge in [0.15, 0.2) is 0 Å². The van der Waals surface area contributed by atoms with Crippen molar-refractivity contribution in [1.29, 1.82) is 0 Å². The molecule has 0 saturated carbocycles. The lowest BCUT2D eigenvalue weighted by Crippen LogP contribution is -2.38. The van der Waals surface area contributed by atoms with Crippen LogP contribution in [-0.4, -0.2) is 33.8 Å². The second-order valence-corrected chi connectivity index (χ2v) is 6.12. The number of hydrogen-bond donors (Lipinski definition) is 1. The summed E-state index contributed by atoms with van der Waals surface area (Å²) in [6.07, 6.45) is 0. The molecule has 1 heterocycles. The van der Waals surface area contributed by atoms with Gasteiger partial charge in [0.2, 0.25) is 0 Å². The van der Waals surface area contributed by atoms with Gasteiger partial charge in [-0.25, -0.2) is 8.78 Å². The summed E-state index contributed by atoms with van der Waals surface area (Å²) >= 11 is 4.69. The van der Waals surface area contributed by atoms with Crippen molar-refractivity contribution in [2.24, 2.45) is 5.73 Å². The molecule has 98 valence electrons. The lowest BCUT2D eigenvalue weighted by atomic mass is 10.1. The van der Waals surface area contributed by atoms with Crippen LogP contribution in [0.15, 0.2) is 12.1 Å². The number of nitrogens with zero attached hydrogens (tertiary/aromatic N) is 1. The van der Waals surface area contributed by atoms with Crippen molar-refractivity contribution >= 4 is 33.7 Å². The molecule has 1 aromatic carbocycles. The molecule has 0 radical (unpaired) electrons. The summed E-state index contributed by atoms with van der Waals surface area (Å²) in [6, 6.07) is 2.26. The molecule has 1 aromatic rings. The molecule has 2 N–H and O–H groups in total. The Morgan fingerprint density at radius 1 is 1.28 bits per heavy atom. The van der Waals surface area contributed by atoms with Crippen LogP contribution in [-0.2, 0) is 10.8 Å². The van der Waals surface area contributed by atoms with Gasteiger partial charge in [0.1, 0.15) is 22.3 Å². The topological polar surface area (TPSA) is 46.3 Å². The number of rotatable bonds is 2. The normalized spacial score (nSPS) is 16.9. The zero-order valence-electron chi connectivity index (χ0n) is 9.49. The molecule has 1 saturated heterocycles. The van der Waals surface area contributed by atoms with E-state index in [4.69, 9.17) is 5.73 Å². The number of anilines is 1. The molecule has 7 heteroatoms. The highest BCUT2D eigenvalue weighted by Crippen LogP contribution is 2.26. The first kappa shape index (κ1) is 13.4. The Labute approximate surface area is 111 Å². The first-order chi connectivity index (χ1) is 8.49. The fourth-order valence-corrected chi connectivity index (χ4v) is 3.04. The van der Waals surface area contributed by atoms with Crippen LogP contribution in [0.2, 0.25) is 0 Å². The van der Waals surface area contributed by atoms with Gasteiger partial charge in [-0.3, -0.25) is 4.21 Å². The van der Waals surface area contributed by atoms with Crippen LogP contribution in [0.25, 0.3) is 0 Å². The smallest absolute Gasteiger partial charge is 0.150 e. The molecular weight excluding hydrogens is 278 g/mol. The molecule has 0 spiro atoms. The van der Waals surface area contributed by atoms with Crippen LogP contribution in [0.1, 0.15) is 5.56 Å². The largest absolute Gasteiger partial charge is 0.389 e. The summed E-state index contributed by atoms with van der Waals surface area (Å²) in [6.45, 7) is 0.764. The summed E-state index contributed by atoms with van der Waals surface area (Å²) in [5, 5.41) is 0. The lowest BCUT2D eigenvalue weighted by Gasteiger charge is -2.29. The third kappa shape index (κ3) is 2.67. The molecule has 1 aliphatic heterocycles. The minimum absolute atomic E-state index is 0.0425. The van der Waals surface area contributed by atoms with Crippen LogP contribution in [0.4, 0.5) is 14.5 Å². The average Bonchev–Trinajstić information content (AvgIpc) is 2.30. The van der Waals surface area contributed by atoms with Crippen molar-refractivity contribution < 1.29 is 13.0 Å². The van der Waals surface area contributed by atoms with Gasteiger partial charge in [-0.1, -0.05) is 12.2 Å². The van der Waals surface area contributed by atoms with Crippen molar-refractivity contribution in [3.63, 3.8) is 0 Å². The van der Waals surface area contributed by atoms with E-state index in [2.05, 4.69) is 12.2 Å². The van der Waals surface area contributed by atoms with E-state index in [1.807, 2.05) is 0 Å². The predicted octanol–water partition coefficient (Wildman–Crippen LogP) is 1.17. The van der Waals surface area contributed by atoms with E-state index in [0.29, 0.717) is 24.6 Å². The van der Waals surface area contributed by atoms with Crippen molar-refractivity contribution in [3.05, 3.63) is 29.3 Å². The van der Waals surface area contributed by atoms with E-state index in [9.17, 15) is 13.0 Å². The Kier molecular flexibility index (Phi) is 3.91. The van der Waals surface area contributed by atoms with Gasteiger partial charge in [0, 0.05) is 41.0 Å². The first-order valence-corrected chi connectivity index (χ1v) is 7.27. The highest BCUT2D eigenvalue weighted by atomic mass is 32.2. The van der Waals surface area contributed by atoms with Gasteiger partial charge >= 0.3 is 0 Å². The molecule has 0 unspecified atom stereocenters. The molecular formula is C11H12F2N2OS2. The van der Waals surface area contributed by atoms with Crippen LogP contribution < -0.4 is 10.6 Å². The van der Waals surface area contributed by atoms with E-state index < -0.39 is 22.4 Å². The molecule has 2 rings (SSSR count). The number of thiocarbonyl (C=S) groups is 1. The fraction of sp³-hybridized carbons (Fsp3) is 0.364. The zero-order chi connectivity index (χ0) is 13.3.